The highest BCUT2D eigenvalue weighted by atomic mass is 35.5. The van der Waals surface area contributed by atoms with Crippen molar-refractivity contribution in [1.29, 1.82) is 0 Å². The van der Waals surface area contributed by atoms with Crippen LogP contribution in [0.3, 0.4) is 0 Å². The average Bonchev–Trinajstić information content (AvgIpc) is 2.79. The van der Waals surface area contributed by atoms with Gasteiger partial charge in [0.25, 0.3) is 0 Å². The van der Waals surface area contributed by atoms with Gasteiger partial charge >= 0.3 is 12.1 Å². The molecule has 2 aromatic carbocycles. The molecule has 0 bridgehead atoms. The number of esters is 1. The minimum absolute atomic E-state index is 0.0978. The van der Waals surface area contributed by atoms with Crippen molar-refractivity contribution in [2.45, 2.75) is 18.9 Å². The second-order valence-corrected chi connectivity index (χ2v) is 7.18. The number of hydrogen-bond donors (Lipinski definition) is 1. The van der Waals surface area contributed by atoms with E-state index in [1.165, 1.54) is 36.5 Å². The molecule has 33 heavy (non-hydrogen) atoms. The molecule has 0 spiro atoms. The summed E-state index contributed by atoms with van der Waals surface area (Å²) in [7, 11) is 0. The molecule has 172 valence electrons. The van der Waals surface area contributed by atoms with Gasteiger partial charge in [0.05, 0.1) is 21.9 Å². The molecule has 3 aromatic rings. The molecule has 1 atom stereocenters. The van der Waals surface area contributed by atoms with Crippen LogP contribution < -0.4 is 4.74 Å². The molecule has 1 unspecified atom stereocenters. The van der Waals surface area contributed by atoms with Crippen molar-refractivity contribution < 1.29 is 36.9 Å². The van der Waals surface area contributed by atoms with Gasteiger partial charge in [-0.1, -0.05) is 36.4 Å². The number of hydrogen-bond acceptors (Lipinski definition) is 5. The van der Waals surface area contributed by atoms with Crippen LogP contribution in [0, 0.1) is 5.82 Å². The molecule has 0 saturated carbocycles. The lowest BCUT2D eigenvalue weighted by Gasteiger charge is -2.14. The molecular weight excluding hydrogens is 466 g/mol. The predicted molar refractivity (Wildman–Crippen MR) is 111 cm³/mol. The van der Waals surface area contributed by atoms with Crippen molar-refractivity contribution in [3.05, 3.63) is 101 Å². The monoisotopic (exact) mass is 481 g/mol. The number of rotatable bonds is 7. The Labute approximate surface area is 190 Å². The van der Waals surface area contributed by atoms with Gasteiger partial charge in [0.2, 0.25) is 0 Å². The first-order valence-electron chi connectivity index (χ1n) is 9.34. The van der Waals surface area contributed by atoms with Crippen molar-refractivity contribution in [3.8, 4) is 11.5 Å². The minimum Gasteiger partial charge on any atom is -0.457 e. The lowest BCUT2D eigenvalue weighted by Crippen LogP contribution is -2.14. The van der Waals surface area contributed by atoms with Gasteiger partial charge in [-0.15, -0.1) is 0 Å². The molecule has 0 saturated heterocycles. The normalized spacial score (nSPS) is 12.2. The molecule has 0 fully saturated rings. The summed E-state index contributed by atoms with van der Waals surface area (Å²) in [6, 6.07) is 11.5. The third-order valence-corrected chi connectivity index (χ3v) is 4.68. The number of aliphatic hydroxyl groups excluding tert-OH is 1. The third kappa shape index (κ3) is 6.09. The minimum atomic E-state index is -4.75. The highest BCUT2D eigenvalue weighted by molar-refractivity contribution is 6.32. The summed E-state index contributed by atoms with van der Waals surface area (Å²) in [6.07, 6.45) is -4.61. The lowest BCUT2D eigenvalue weighted by molar-refractivity contribution is -0.141. The second-order valence-electron chi connectivity index (χ2n) is 6.77. The standard InChI is InChI=1S/C23H16ClF4NO4/c1-13(20(30)19-4-2-3-9-29-19)22(31)32-12-14-5-7-16(8-6-14)33-21-17(24)10-15(11-18(21)25)23(26,27)28/h2-11,20,30H,1,12H2. The van der Waals surface area contributed by atoms with Crippen LogP contribution >= 0.6 is 11.6 Å². The predicted octanol–water partition coefficient (Wildman–Crippen LogP) is 6.02. The third-order valence-electron chi connectivity index (χ3n) is 4.40. The Bertz CT molecular complexity index is 1130. The highest BCUT2D eigenvalue weighted by Crippen LogP contribution is 2.38. The molecule has 0 radical (unpaired) electrons. The fourth-order valence-electron chi connectivity index (χ4n) is 2.66. The Balaban J connectivity index is 1.61. The van der Waals surface area contributed by atoms with Crippen LogP contribution in [0.1, 0.15) is 22.9 Å². The molecule has 1 N–H and O–H groups in total. The van der Waals surface area contributed by atoms with Gasteiger partial charge in [0.15, 0.2) is 11.6 Å². The summed E-state index contributed by atoms with van der Waals surface area (Å²) in [5.41, 5.74) is -0.657. The molecule has 3 rings (SSSR count). The summed E-state index contributed by atoms with van der Waals surface area (Å²) in [5.74, 6) is -2.55. The van der Waals surface area contributed by atoms with Gasteiger partial charge in [0, 0.05) is 6.20 Å². The first kappa shape index (κ1) is 24.2. The average molecular weight is 482 g/mol. The number of halogens is 5. The summed E-state index contributed by atoms with van der Waals surface area (Å²) in [4.78, 5) is 16.1. The number of carbonyl (C=O) groups excluding carboxylic acids is 1. The number of carbonyl (C=O) groups is 1. The van der Waals surface area contributed by atoms with E-state index >= 15 is 0 Å². The quantitative estimate of drug-likeness (QED) is 0.254. The Hall–Kier alpha value is -3.43. The van der Waals surface area contributed by atoms with Crippen LogP contribution in [0.5, 0.6) is 11.5 Å². The largest absolute Gasteiger partial charge is 0.457 e. The molecule has 0 aliphatic rings. The molecule has 0 aliphatic carbocycles. The maximum Gasteiger partial charge on any atom is 0.416 e. The smallest absolute Gasteiger partial charge is 0.416 e. The Morgan fingerprint density at radius 1 is 1.15 bits per heavy atom. The van der Waals surface area contributed by atoms with Crippen molar-refractivity contribution in [2.24, 2.45) is 0 Å². The van der Waals surface area contributed by atoms with Crippen molar-refractivity contribution in [1.82, 2.24) is 4.98 Å². The van der Waals surface area contributed by atoms with E-state index in [1.807, 2.05) is 0 Å². The van der Waals surface area contributed by atoms with Gasteiger partial charge in [-0.25, -0.2) is 9.18 Å². The molecular formula is C23H16ClF4NO4. The number of pyridine rings is 1. The van der Waals surface area contributed by atoms with Gasteiger partial charge < -0.3 is 14.6 Å². The number of aromatic nitrogens is 1. The van der Waals surface area contributed by atoms with E-state index < -0.39 is 40.4 Å². The van der Waals surface area contributed by atoms with E-state index in [0.717, 1.165) is 0 Å². The van der Waals surface area contributed by atoms with Crippen LogP contribution in [-0.4, -0.2) is 16.1 Å². The van der Waals surface area contributed by atoms with Crippen LogP contribution in [-0.2, 0) is 22.3 Å². The van der Waals surface area contributed by atoms with Crippen LogP contribution in [0.15, 0.2) is 72.9 Å². The zero-order valence-corrected chi connectivity index (χ0v) is 17.5. The molecule has 0 amide bonds. The summed E-state index contributed by atoms with van der Waals surface area (Å²) >= 11 is 5.75. The van der Waals surface area contributed by atoms with E-state index in [2.05, 4.69) is 11.6 Å². The zero-order chi connectivity index (χ0) is 24.2. The van der Waals surface area contributed by atoms with Gasteiger partial charge in [-0.3, -0.25) is 4.98 Å². The van der Waals surface area contributed by atoms with Crippen LogP contribution in [0.25, 0.3) is 0 Å². The highest BCUT2D eigenvalue weighted by Gasteiger charge is 2.32. The van der Waals surface area contributed by atoms with E-state index in [0.29, 0.717) is 17.7 Å². The van der Waals surface area contributed by atoms with Gasteiger partial charge in [-0.05, 0) is 42.0 Å². The number of nitrogens with zero attached hydrogens (tertiary/aromatic N) is 1. The SMILES string of the molecule is C=C(C(=O)OCc1ccc(Oc2c(F)cc(C(F)(F)F)cc2Cl)cc1)C(O)c1ccccn1. The zero-order valence-electron chi connectivity index (χ0n) is 16.8. The topological polar surface area (TPSA) is 68.7 Å². The number of benzene rings is 2. The van der Waals surface area contributed by atoms with Crippen LogP contribution in [0.2, 0.25) is 5.02 Å². The first-order valence-corrected chi connectivity index (χ1v) is 9.72. The fourth-order valence-corrected chi connectivity index (χ4v) is 2.91. The first-order chi connectivity index (χ1) is 15.6. The van der Waals surface area contributed by atoms with Crippen molar-refractivity contribution >= 4 is 17.6 Å². The Kier molecular flexibility index (Phi) is 7.35. The summed E-state index contributed by atoms with van der Waals surface area (Å²) < 4.78 is 62.7. The maximum absolute atomic E-state index is 14.1. The molecule has 1 heterocycles. The maximum atomic E-state index is 14.1. The van der Waals surface area contributed by atoms with Gasteiger partial charge in [0.1, 0.15) is 18.5 Å². The molecule has 1 aromatic heterocycles. The van der Waals surface area contributed by atoms with E-state index in [9.17, 15) is 27.5 Å². The lowest BCUT2D eigenvalue weighted by atomic mass is 10.1. The van der Waals surface area contributed by atoms with E-state index in [4.69, 9.17) is 21.1 Å². The van der Waals surface area contributed by atoms with Gasteiger partial charge in [-0.2, -0.15) is 13.2 Å². The molecule has 0 aliphatic heterocycles. The summed E-state index contributed by atoms with van der Waals surface area (Å²) in [5, 5.41) is 9.62. The number of ether oxygens (including phenoxy) is 2. The Morgan fingerprint density at radius 3 is 2.42 bits per heavy atom. The van der Waals surface area contributed by atoms with E-state index in [1.54, 1.807) is 12.1 Å². The molecule has 10 heteroatoms. The van der Waals surface area contributed by atoms with Crippen LogP contribution in [0.4, 0.5) is 17.6 Å². The second kappa shape index (κ2) is 10.0. The number of aliphatic hydroxyl groups is 1. The molecule has 5 nitrogen and oxygen atoms in total. The fraction of sp³-hybridized carbons (Fsp3) is 0.130. The van der Waals surface area contributed by atoms with Crippen molar-refractivity contribution in [2.75, 3.05) is 0 Å². The number of alkyl halides is 3. The van der Waals surface area contributed by atoms with E-state index in [-0.39, 0.29) is 23.6 Å². The van der Waals surface area contributed by atoms with Crippen molar-refractivity contribution in [3.63, 3.8) is 0 Å². The summed E-state index contributed by atoms with van der Waals surface area (Å²) in [6.45, 7) is 3.37. The Morgan fingerprint density at radius 2 is 1.85 bits per heavy atom.